The Balaban J connectivity index is 0. The van der Waals surface area contributed by atoms with Gasteiger partial charge in [-0.3, -0.25) is 0 Å². The second-order valence-electron chi connectivity index (χ2n) is 1.78. The third kappa shape index (κ3) is 74.6. The first-order valence-corrected chi connectivity index (χ1v) is 3.54. The Kier molecular flexibility index (Phi) is 10.3. The first-order valence-electron chi connectivity index (χ1n) is 2.35. The van der Waals surface area contributed by atoms with Crippen LogP contribution in [-0.2, 0) is 4.43 Å². The molecule has 0 saturated carbocycles. The van der Waals surface area contributed by atoms with E-state index in [0.29, 0.717) is 10.5 Å². The van der Waals surface area contributed by atoms with Gasteiger partial charge in [0.25, 0.3) is 0 Å². The molecule has 0 saturated heterocycles. The first kappa shape index (κ1) is 11.7. The van der Waals surface area contributed by atoms with E-state index in [2.05, 4.69) is 16.0 Å². The second-order valence-corrected chi connectivity index (χ2v) is 2.50. The van der Waals surface area contributed by atoms with Gasteiger partial charge in [-0.25, -0.2) is 4.79 Å². The van der Waals surface area contributed by atoms with E-state index < -0.39 is 5.43 Å². The molecule has 9 heavy (non-hydrogen) atoms. The molecule has 3 nitrogen and oxygen atoms in total. The molecule has 0 aliphatic rings. The van der Waals surface area contributed by atoms with E-state index in [1.807, 2.05) is 26.0 Å². The number of nitrogens with zero attached hydrogens (tertiary/aromatic N) is 1. The number of hydrogen-bond acceptors (Lipinski definition) is 3. The van der Waals surface area contributed by atoms with Crippen molar-refractivity contribution in [3.8, 4) is 0 Å². The summed E-state index contributed by atoms with van der Waals surface area (Å²) < 4.78 is 4.02. The molecule has 0 aromatic rings. The van der Waals surface area contributed by atoms with Crippen LogP contribution in [0.15, 0.2) is 0 Å². The van der Waals surface area contributed by atoms with Gasteiger partial charge < -0.3 is 9.33 Å². The minimum atomic E-state index is -0.711. The first-order chi connectivity index (χ1) is 4.00. The molecule has 0 N–H and O–H groups in total. The maximum absolute atomic E-state index is 9.39. The van der Waals surface area contributed by atoms with E-state index >= 15 is 0 Å². The zero-order chi connectivity index (χ0) is 7.86. The molecule has 0 amide bonds. The summed E-state index contributed by atoms with van der Waals surface area (Å²) in [6, 6.07) is 0. The number of rotatable bonds is 0. The lowest BCUT2D eigenvalue weighted by atomic mass is 11.0. The number of hydrogen-bond donors (Lipinski definition) is 0. The minimum Gasteiger partial charge on any atom is -0.517 e. The third-order valence-electron chi connectivity index (χ3n) is 0.160. The Morgan fingerprint density at radius 1 is 1.56 bits per heavy atom. The average molecular weight is 170 g/mol. The van der Waals surface area contributed by atoms with Crippen molar-refractivity contribution in [2.24, 2.45) is 0 Å². The number of halogens is 1. The van der Waals surface area contributed by atoms with E-state index in [0.717, 1.165) is 0 Å². The van der Waals surface area contributed by atoms with Crippen molar-refractivity contribution in [3.63, 3.8) is 0 Å². The van der Waals surface area contributed by atoms with Crippen LogP contribution in [0.5, 0.6) is 0 Å². The maximum atomic E-state index is 9.39. The smallest absolute Gasteiger partial charge is 0.389 e. The molecule has 0 aromatic carbocycles. The number of carbonyl (C=O) groups excluding carboxylic acids is 1. The van der Waals surface area contributed by atoms with Crippen LogP contribution in [0.3, 0.4) is 0 Å². The van der Waals surface area contributed by atoms with Crippen molar-refractivity contribution in [3.05, 3.63) is 0 Å². The molecule has 0 aromatic heterocycles. The van der Waals surface area contributed by atoms with E-state index in [1.165, 1.54) is 0 Å². The molecule has 0 fully saturated rings. The summed E-state index contributed by atoms with van der Waals surface area (Å²) in [5, 5.41) is 0. The molecule has 0 aliphatic heterocycles. The van der Waals surface area contributed by atoms with Gasteiger partial charge in [-0.1, -0.05) is 0 Å². The van der Waals surface area contributed by atoms with Crippen LogP contribution in [0.25, 0.3) is 0 Å². The molecule has 0 bridgehead atoms. The van der Waals surface area contributed by atoms with Crippen LogP contribution in [0.1, 0.15) is 0 Å². The minimum absolute atomic E-state index is 0.392. The van der Waals surface area contributed by atoms with Gasteiger partial charge in [0.05, 0.1) is 0 Å². The lowest BCUT2D eigenvalue weighted by molar-refractivity contribution is 0.229. The molecule has 0 rings (SSSR count). The normalized spacial score (nSPS) is 8.11. The monoisotopic (exact) mass is 169 g/mol. The van der Waals surface area contributed by atoms with Gasteiger partial charge in [0.1, 0.15) is 0 Å². The molecule has 0 heterocycles. The van der Waals surface area contributed by atoms with E-state index in [-0.39, 0.29) is 0 Å². The molecule has 0 radical (unpaired) electrons. The molecular weight excluding hydrogens is 158 g/mol. The van der Waals surface area contributed by atoms with Gasteiger partial charge in [-0.05, 0) is 21.1 Å². The highest BCUT2D eigenvalue weighted by Gasteiger charge is 1.79. The summed E-state index contributed by atoms with van der Waals surface area (Å²) in [5.41, 5.74) is -0.711. The highest BCUT2D eigenvalue weighted by atomic mass is 35.5. The lowest BCUT2D eigenvalue weighted by Crippen LogP contribution is -1.99. The van der Waals surface area contributed by atoms with Gasteiger partial charge >= 0.3 is 5.43 Å². The summed E-state index contributed by atoms with van der Waals surface area (Å²) >= 11 is 4.64. The highest BCUT2D eigenvalue weighted by molar-refractivity contribution is 6.62. The van der Waals surface area contributed by atoms with Crippen LogP contribution in [0.4, 0.5) is 4.79 Å². The van der Waals surface area contributed by atoms with Gasteiger partial charge in [0.15, 0.2) is 0 Å². The van der Waals surface area contributed by atoms with Crippen LogP contribution >= 0.6 is 11.6 Å². The van der Waals surface area contributed by atoms with E-state index in [4.69, 9.17) is 0 Å². The fraction of sp³-hybridized carbons (Fsp3) is 0.750. The summed E-state index contributed by atoms with van der Waals surface area (Å²) in [7, 11) is 6.39. The Morgan fingerprint density at radius 3 is 1.67 bits per heavy atom. The van der Waals surface area contributed by atoms with Gasteiger partial charge in [-0.15, -0.1) is 0 Å². The van der Waals surface area contributed by atoms with E-state index in [1.54, 1.807) is 0 Å². The SMILES string of the molecule is CN(C)C.O=C(Cl)O[SiH3]. The van der Waals surface area contributed by atoms with Crippen molar-refractivity contribution in [1.29, 1.82) is 0 Å². The van der Waals surface area contributed by atoms with Gasteiger partial charge in [-0.2, -0.15) is 0 Å². The molecule has 0 atom stereocenters. The highest BCUT2D eigenvalue weighted by Crippen LogP contribution is 1.77. The van der Waals surface area contributed by atoms with Crippen molar-refractivity contribution in [1.82, 2.24) is 4.90 Å². The predicted molar refractivity (Wildman–Crippen MR) is 41.9 cm³/mol. The fourth-order valence-electron chi connectivity index (χ4n) is 0. The Labute approximate surface area is 63.5 Å². The van der Waals surface area contributed by atoms with Crippen molar-refractivity contribution in [2.75, 3.05) is 21.1 Å². The largest absolute Gasteiger partial charge is 0.517 e. The zero-order valence-corrected chi connectivity index (χ0v) is 8.90. The molecule has 5 heteroatoms. The summed E-state index contributed by atoms with van der Waals surface area (Å²) in [4.78, 5) is 11.4. The maximum Gasteiger partial charge on any atom is 0.389 e. The second kappa shape index (κ2) is 7.94. The Bertz CT molecular complexity index is 76.2. The van der Waals surface area contributed by atoms with Crippen LogP contribution in [0, 0.1) is 0 Å². The van der Waals surface area contributed by atoms with Gasteiger partial charge in [0, 0.05) is 11.6 Å². The zero-order valence-electron chi connectivity index (χ0n) is 6.14. The quantitative estimate of drug-likeness (QED) is 0.372. The fourth-order valence-corrected chi connectivity index (χ4v) is 0. The predicted octanol–water partition coefficient (Wildman–Crippen LogP) is -0.180. The summed E-state index contributed by atoms with van der Waals surface area (Å²) in [6.45, 7) is 0. The molecule has 0 unspecified atom stereocenters. The van der Waals surface area contributed by atoms with Gasteiger partial charge in [0.2, 0.25) is 10.5 Å². The lowest BCUT2D eigenvalue weighted by Gasteiger charge is -1.90. The van der Waals surface area contributed by atoms with E-state index in [9.17, 15) is 4.79 Å². The standard InChI is InChI=1S/C3H9N.CH3ClO2Si/c1-4(2)3;2-1(3)4-5/h1-3H3;5H3. The topological polar surface area (TPSA) is 29.5 Å². The molecule has 56 valence electrons. The Morgan fingerprint density at radius 2 is 1.67 bits per heavy atom. The van der Waals surface area contributed by atoms with Crippen LogP contribution in [0.2, 0.25) is 0 Å². The number of carbonyl (C=O) groups is 1. The van der Waals surface area contributed by atoms with Crippen LogP contribution < -0.4 is 0 Å². The van der Waals surface area contributed by atoms with Crippen molar-refractivity contribution >= 4 is 27.5 Å². The average Bonchev–Trinajstić information content (AvgIpc) is 1.65. The third-order valence-corrected chi connectivity index (χ3v) is 0.944. The van der Waals surface area contributed by atoms with Crippen molar-refractivity contribution < 1.29 is 9.22 Å². The molecule has 0 aliphatic carbocycles. The Hall–Kier alpha value is -0.0631. The molecule has 0 spiro atoms. The molecular formula is C4H12ClNO2Si. The summed E-state index contributed by atoms with van der Waals surface area (Å²) in [6.07, 6.45) is 0. The summed E-state index contributed by atoms with van der Waals surface area (Å²) in [5.74, 6) is 0. The van der Waals surface area contributed by atoms with Crippen molar-refractivity contribution in [2.45, 2.75) is 0 Å². The van der Waals surface area contributed by atoms with Crippen LogP contribution in [-0.4, -0.2) is 42.0 Å².